The highest BCUT2D eigenvalue weighted by Crippen LogP contribution is 2.11. The zero-order valence-corrected chi connectivity index (χ0v) is 31.2. The minimum absolute atomic E-state index is 0.0600. The quantitative estimate of drug-likeness (QED) is 0.202. The molecule has 2 atom stereocenters. The molecule has 0 bridgehead atoms. The molecule has 0 saturated carbocycles. The average Bonchev–Trinajstić information content (AvgIpc) is 3.19. The monoisotopic (exact) mass is 734 g/mol. The third kappa shape index (κ3) is 15.1. The van der Waals surface area contributed by atoms with Crippen molar-refractivity contribution in [3.63, 3.8) is 0 Å². The SMILES string of the molecule is COC(C)COCC(CN1CCN(C(=O)OCc2ccccc2)CCN(C(=O)OCc2ccccc2)CCN(C(=O)OCc2ccccc2)CC1)OC. The summed E-state index contributed by atoms with van der Waals surface area (Å²) in [6.45, 7) is 5.68. The molecule has 3 aromatic rings. The van der Waals surface area contributed by atoms with Gasteiger partial charge in [-0.3, -0.25) is 4.90 Å². The number of carbonyl (C=O) groups excluding carboxylic acids is 3. The number of rotatable bonds is 14. The van der Waals surface area contributed by atoms with E-state index in [1.165, 1.54) is 4.90 Å². The Morgan fingerprint density at radius 3 is 1.23 bits per heavy atom. The molecule has 13 heteroatoms. The van der Waals surface area contributed by atoms with Gasteiger partial charge >= 0.3 is 18.3 Å². The lowest BCUT2D eigenvalue weighted by Gasteiger charge is -2.34. The van der Waals surface area contributed by atoms with Crippen molar-refractivity contribution in [2.24, 2.45) is 0 Å². The van der Waals surface area contributed by atoms with E-state index in [1.807, 2.05) is 97.9 Å². The summed E-state index contributed by atoms with van der Waals surface area (Å²) in [5, 5.41) is 0. The Morgan fingerprint density at radius 1 is 0.528 bits per heavy atom. The maximum atomic E-state index is 13.5. The van der Waals surface area contributed by atoms with Gasteiger partial charge in [0.25, 0.3) is 0 Å². The maximum Gasteiger partial charge on any atom is 0.410 e. The summed E-state index contributed by atoms with van der Waals surface area (Å²) in [5.41, 5.74) is 2.58. The van der Waals surface area contributed by atoms with E-state index in [0.717, 1.165) is 16.7 Å². The molecule has 0 aromatic heterocycles. The summed E-state index contributed by atoms with van der Waals surface area (Å²) in [7, 11) is 3.27. The van der Waals surface area contributed by atoms with Gasteiger partial charge in [-0.2, -0.15) is 0 Å². The molecule has 0 N–H and O–H groups in total. The normalized spacial score (nSPS) is 15.8. The van der Waals surface area contributed by atoms with Crippen LogP contribution in [0.25, 0.3) is 0 Å². The number of hydrogen-bond donors (Lipinski definition) is 0. The van der Waals surface area contributed by atoms with Gasteiger partial charge in [-0.1, -0.05) is 91.0 Å². The second kappa shape index (κ2) is 23.1. The van der Waals surface area contributed by atoms with Crippen molar-refractivity contribution in [1.82, 2.24) is 19.6 Å². The number of nitrogens with zero attached hydrogens (tertiary/aromatic N) is 4. The molecule has 288 valence electrons. The summed E-state index contributed by atoms with van der Waals surface area (Å²) in [5.74, 6) is 0. The van der Waals surface area contributed by atoms with Crippen molar-refractivity contribution < 1.29 is 42.8 Å². The van der Waals surface area contributed by atoms with Crippen LogP contribution in [0.1, 0.15) is 23.6 Å². The van der Waals surface area contributed by atoms with Crippen LogP contribution in [0.5, 0.6) is 0 Å². The molecule has 1 saturated heterocycles. The highest BCUT2D eigenvalue weighted by Gasteiger charge is 2.26. The molecule has 1 heterocycles. The Morgan fingerprint density at radius 2 is 0.887 bits per heavy atom. The zero-order valence-electron chi connectivity index (χ0n) is 31.2. The first-order chi connectivity index (χ1) is 25.8. The third-order valence-electron chi connectivity index (χ3n) is 8.90. The molecule has 0 spiro atoms. The number of amides is 3. The van der Waals surface area contributed by atoms with Crippen LogP contribution in [0.15, 0.2) is 91.0 Å². The highest BCUT2D eigenvalue weighted by atomic mass is 16.6. The van der Waals surface area contributed by atoms with Crippen molar-refractivity contribution in [2.45, 2.75) is 39.0 Å². The first-order valence-electron chi connectivity index (χ1n) is 18.1. The van der Waals surface area contributed by atoms with Crippen LogP contribution >= 0.6 is 0 Å². The number of carbonyl (C=O) groups is 3. The van der Waals surface area contributed by atoms with Crippen molar-refractivity contribution in [3.05, 3.63) is 108 Å². The van der Waals surface area contributed by atoms with Crippen LogP contribution < -0.4 is 0 Å². The van der Waals surface area contributed by atoms with Gasteiger partial charge in [0.05, 0.1) is 25.4 Å². The highest BCUT2D eigenvalue weighted by molar-refractivity contribution is 5.70. The Bertz CT molecular complexity index is 1410. The molecule has 13 nitrogen and oxygen atoms in total. The molecule has 2 unspecified atom stereocenters. The van der Waals surface area contributed by atoms with E-state index in [9.17, 15) is 14.4 Å². The van der Waals surface area contributed by atoms with Gasteiger partial charge in [0.1, 0.15) is 19.8 Å². The average molecular weight is 735 g/mol. The first-order valence-corrected chi connectivity index (χ1v) is 18.1. The van der Waals surface area contributed by atoms with Crippen molar-refractivity contribution in [1.29, 1.82) is 0 Å². The summed E-state index contributed by atoms with van der Waals surface area (Å²) in [6, 6.07) is 28.4. The van der Waals surface area contributed by atoms with E-state index in [-0.39, 0.29) is 58.2 Å². The fourth-order valence-corrected chi connectivity index (χ4v) is 5.53. The van der Waals surface area contributed by atoms with Crippen molar-refractivity contribution in [2.75, 3.05) is 86.3 Å². The lowest BCUT2D eigenvalue weighted by Crippen LogP contribution is -2.51. The molecule has 0 aliphatic carbocycles. The van der Waals surface area contributed by atoms with Gasteiger partial charge in [0.2, 0.25) is 0 Å². The maximum absolute atomic E-state index is 13.5. The topological polar surface area (TPSA) is 120 Å². The van der Waals surface area contributed by atoms with E-state index < -0.39 is 18.3 Å². The summed E-state index contributed by atoms with van der Waals surface area (Å²) < 4.78 is 34.1. The minimum Gasteiger partial charge on any atom is -0.445 e. The van der Waals surface area contributed by atoms with Crippen molar-refractivity contribution >= 4 is 18.3 Å². The Balaban J connectivity index is 1.51. The van der Waals surface area contributed by atoms with E-state index >= 15 is 0 Å². The van der Waals surface area contributed by atoms with E-state index in [4.69, 9.17) is 28.4 Å². The molecular formula is C40H54N4O9. The molecule has 1 aliphatic rings. The largest absolute Gasteiger partial charge is 0.445 e. The molecule has 3 aromatic carbocycles. The van der Waals surface area contributed by atoms with Crippen LogP contribution in [0.2, 0.25) is 0 Å². The molecule has 3 amide bonds. The van der Waals surface area contributed by atoms with Crippen LogP contribution in [0.4, 0.5) is 14.4 Å². The second-order valence-corrected chi connectivity index (χ2v) is 12.8. The van der Waals surface area contributed by atoms with Crippen molar-refractivity contribution in [3.8, 4) is 0 Å². The number of methoxy groups -OCH3 is 2. The van der Waals surface area contributed by atoms with E-state index in [0.29, 0.717) is 45.9 Å². The summed E-state index contributed by atoms with van der Waals surface area (Å²) in [4.78, 5) is 47.5. The molecular weight excluding hydrogens is 680 g/mol. The van der Waals surface area contributed by atoms with Gasteiger partial charge < -0.3 is 43.1 Å². The van der Waals surface area contributed by atoms with Gasteiger partial charge in [-0.05, 0) is 23.6 Å². The zero-order chi connectivity index (χ0) is 37.7. The van der Waals surface area contributed by atoms with Gasteiger partial charge in [-0.15, -0.1) is 0 Å². The summed E-state index contributed by atoms with van der Waals surface area (Å²) in [6.07, 6.45) is -1.87. The molecule has 1 fully saturated rings. The Kier molecular flexibility index (Phi) is 17.9. The van der Waals surface area contributed by atoms with Crippen LogP contribution in [0.3, 0.4) is 0 Å². The van der Waals surface area contributed by atoms with Crippen LogP contribution in [-0.4, -0.2) is 136 Å². The Labute approximate surface area is 313 Å². The van der Waals surface area contributed by atoms with Crippen LogP contribution in [0, 0.1) is 0 Å². The fraction of sp³-hybridized carbons (Fsp3) is 0.475. The minimum atomic E-state index is -0.548. The van der Waals surface area contributed by atoms with Crippen LogP contribution in [-0.2, 0) is 48.2 Å². The smallest absolute Gasteiger partial charge is 0.410 e. The lowest BCUT2D eigenvalue weighted by molar-refractivity contribution is -0.0403. The molecule has 0 radical (unpaired) electrons. The number of hydrogen-bond acceptors (Lipinski definition) is 10. The first kappa shape index (κ1) is 41.1. The summed E-state index contributed by atoms with van der Waals surface area (Å²) >= 11 is 0. The second-order valence-electron chi connectivity index (χ2n) is 12.8. The Hall–Kier alpha value is -4.69. The predicted molar refractivity (Wildman–Crippen MR) is 199 cm³/mol. The van der Waals surface area contributed by atoms with E-state index in [2.05, 4.69) is 4.90 Å². The molecule has 4 rings (SSSR count). The molecule has 1 aliphatic heterocycles. The number of benzene rings is 3. The number of ether oxygens (including phenoxy) is 6. The standard InChI is InChI=1S/C40H54N4O9/c1-33(48-2)28-50-32-37(49-3)27-41-19-21-42(38(45)51-29-34-13-7-4-8-14-34)23-25-44(40(47)53-31-36-17-11-6-12-18-36)26-24-43(22-20-41)39(46)52-30-35-15-9-5-10-16-35/h4-18,33,37H,19-32H2,1-3H3. The fourth-order valence-electron chi connectivity index (χ4n) is 5.53. The van der Waals surface area contributed by atoms with Gasteiger partial charge in [-0.25, -0.2) is 14.4 Å². The van der Waals surface area contributed by atoms with E-state index in [1.54, 1.807) is 24.0 Å². The predicted octanol–water partition coefficient (Wildman–Crippen LogP) is 5.28. The molecule has 53 heavy (non-hydrogen) atoms. The lowest BCUT2D eigenvalue weighted by atomic mass is 10.2. The van der Waals surface area contributed by atoms with Gasteiger partial charge in [0.15, 0.2) is 0 Å². The van der Waals surface area contributed by atoms with Gasteiger partial charge in [0, 0.05) is 73.1 Å². The third-order valence-corrected chi connectivity index (χ3v) is 8.90.